The second-order valence-electron chi connectivity index (χ2n) is 24.4. The average Bonchev–Trinajstić information content (AvgIpc) is 1.45. The molecule has 14 rings (SSSR count). The first-order chi connectivity index (χ1) is 39.7. The minimum Gasteiger partial charge on any atom is -0.469 e. The van der Waals surface area contributed by atoms with Crippen LogP contribution in [0.25, 0.3) is 0 Å². The molecule has 6 saturated carbocycles. The molecule has 26 nitrogen and oxygen atoms in total. The summed E-state index contributed by atoms with van der Waals surface area (Å²) in [5.74, 6) is -16.8. The summed E-state index contributed by atoms with van der Waals surface area (Å²) in [6.45, 7) is -0.234. The number of carbonyl (C=O) groups is 8. The van der Waals surface area contributed by atoms with Crippen LogP contribution in [0.3, 0.4) is 0 Å². The number of nitro benzene ring substituents is 2. The van der Waals surface area contributed by atoms with Crippen molar-refractivity contribution in [3.05, 3.63) is 68.8 Å². The molecular weight excluding hydrogens is 1120 g/mol. The number of hydrogen-bond acceptors (Lipinski definition) is 20. The smallest absolute Gasteiger partial charge is 0.338 e. The second-order valence-corrected chi connectivity index (χ2v) is 25.3. The fourth-order valence-corrected chi connectivity index (χ4v) is 21.2. The maximum atomic E-state index is 15.1. The molecule has 6 heterocycles. The van der Waals surface area contributed by atoms with E-state index in [0.29, 0.717) is 24.2 Å². The van der Waals surface area contributed by atoms with Gasteiger partial charge in [-0.05, 0) is 103 Å². The Bertz CT molecular complexity index is 3220. The molecule has 0 radical (unpaired) electrons. The molecule has 0 spiro atoms. The molecule has 436 valence electrons. The molecule has 0 unspecified atom stereocenters. The van der Waals surface area contributed by atoms with Crippen LogP contribution in [-0.2, 0) is 66.8 Å². The summed E-state index contributed by atoms with van der Waals surface area (Å²) in [6.07, 6.45) is -0.949. The van der Waals surface area contributed by atoms with Crippen molar-refractivity contribution >= 4 is 105 Å². The molecule has 4 amide bonds. The molecule has 12 aliphatic rings. The number of esters is 4. The second kappa shape index (κ2) is 18.1. The third-order valence-electron chi connectivity index (χ3n) is 22.4. The first kappa shape index (κ1) is 53.7. The quantitative estimate of drug-likeness (QED) is 0.0521. The Balaban J connectivity index is 0.760. The number of nitrogens with zero attached hydrogens (tertiary/aromatic N) is 4. The van der Waals surface area contributed by atoms with Crippen molar-refractivity contribution in [2.45, 2.75) is 42.7 Å². The number of likely N-dealkylation sites (tertiary alicyclic amines) is 2. The highest BCUT2D eigenvalue weighted by atomic mass is 32.1. The Labute approximate surface area is 482 Å². The van der Waals surface area contributed by atoms with Crippen LogP contribution in [0.5, 0.6) is 0 Å². The van der Waals surface area contributed by atoms with Gasteiger partial charge in [0.2, 0.25) is 23.6 Å². The maximum absolute atomic E-state index is 15.1. The Morgan fingerprint density at radius 3 is 1.30 bits per heavy atom. The molecule has 22 atom stereocenters. The summed E-state index contributed by atoms with van der Waals surface area (Å²) in [5.41, 5.74) is -6.33. The first-order valence-electron chi connectivity index (χ1n) is 27.7. The summed E-state index contributed by atoms with van der Waals surface area (Å²) in [6, 6.07) is 11.2. The number of benzene rings is 2. The van der Waals surface area contributed by atoms with Gasteiger partial charge in [-0.3, -0.25) is 58.8 Å². The Morgan fingerprint density at radius 1 is 0.566 bits per heavy atom. The van der Waals surface area contributed by atoms with Crippen molar-refractivity contribution in [2.24, 2.45) is 106 Å². The van der Waals surface area contributed by atoms with E-state index >= 15 is 19.2 Å². The molecule has 12 fully saturated rings. The van der Waals surface area contributed by atoms with Gasteiger partial charge < -0.3 is 49.7 Å². The van der Waals surface area contributed by atoms with Gasteiger partial charge in [-0.15, -0.1) is 0 Å². The fourth-order valence-electron chi connectivity index (χ4n) is 20.8. The van der Waals surface area contributed by atoms with Crippen molar-refractivity contribution in [2.75, 3.05) is 65.3 Å². The lowest BCUT2D eigenvalue weighted by Gasteiger charge is -2.55. The number of carbonyl (C=O) groups excluding carboxylic acids is 8. The summed E-state index contributed by atoms with van der Waals surface area (Å²) in [4.78, 5) is 143. The van der Waals surface area contributed by atoms with Crippen molar-refractivity contribution < 1.29 is 76.6 Å². The van der Waals surface area contributed by atoms with Gasteiger partial charge in [0.1, 0.15) is 0 Å². The van der Waals surface area contributed by atoms with Gasteiger partial charge in [0, 0.05) is 97.3 Å². The van der Waals surface area contributed by atoms with E-state index in [9.17, 15) is 39.4 Å². The molecule has 4 N–H and O–H groups in total. The lowest BCUT2D eigenvalue weighted by Crippen LogP contribution is -2.66. The van der Waals surface area contributed by atoms with E-state index < -0.39 is 186 Å². The van der Waals surface area contributed by atoms with Crippen molar-refractivity contribution in [1.82, 2.24) is 20.4 Å². The van der Waals surface area contributed by atoms with E-state index in [1.165, 1.54) is 81.9 Å². The third kappa shape index (κ3) is 6.38. The van der Waals surface area contributed by atoms with Gasteiger partial charge in [0.05, 0.1) is 85.0 Å². The summed E-state index contributed by atoms with van der Waals surface area (Å²) in [5, 5.41) is 34.4. The number of methoxy groups -OCH3 is 4. The fraction of sp³-hybridized carbons (Fsp3) is 0.600. The van der Waals surface area contributed by atoms with Gasteiger partial charge in [-0.25, -0.2) is 9.59 Å². The van der Waals surface area contributed by atoms with E-state index in [-0.39, 0.29) is 54.2 Å². The van der Waals surface area contributed by atoms with Gasteiger partial charge in [0.15, 0.2) is 21.4 Å². The van der Waals surface area contributed by atoms with Gasteiger partial charge >= 0.3 is 23.9 Å². The third-order valence-corrected chi connectivity index (χ3v) is 22.9. The number of nitro groups is 2. The largest absolute Gasteiger partial charge is 0.469 e. The molecule has 6 saturated heterocycles. The van der Waals surface area contributed by atoms with Crippen LogP contribution in [0.2, 0.25) is 0 Å². The molecule has 28 heteroatoms. The zero-order chi connectivity index (χ0) is 58.5. The lowest BCUT2D eigenvalue weighted by molar-refractivity contribution is -0.385. The summed E-state index contributed by atoms with van der Waals surface area (Å²) < 4.78 is 37.1. The number of nitrogens with one attached hydrogen (secondary N) is 4. The predicted octanol–water partition coefficient (Wildman–Crippen LogP) is 1.59. The molecule has 6 aliphatic heterocycles. The number of fused-ring (bicyclic) bond motifs is 36. The predicted molar refractivity (Wildman–Crippen MR) is 286 cm³/mol. The highest BCUT2D eigenvalue weighted by Crippen LogP contribution is 2.88. The normalized spacial score (nSPS) is 41.9. The topological polar surface area (TPSA) is 333 Å². The number of hydrogen-bond donors (Lipinski definition) is 4. The number of anilines is 2. The van der Waals surface area contributed by atoms with Crippen molar-refractivity contribution in [3.63, 3.8) is 0 Å². The maximum Gasteiger partial charge on any atom is 0.338 e. The zero-order valence-electron chi connectivity index (χ0n) is 44.9. The van der Waals surface area contributed by atoms with Crippen molar-refractivity contribution in [3.8, 4) is 0 Å². The molecule has 2 aromatic carbocycles. The Kier molecular flexibility index (Phi) is 11.7. The number of imide groups is 2. The van der Waals surface area contributed by atoms with Crippen LogP contribution >= 0.6 is 24.4 Å². The Morgan fingerprint density at radius 2 is 0.928 bits per heavy atom. The highest BCUT2D eigenvalue weighted by Gasteiger charge is 2.96. The van der Waals surface area contributed by atoms with E-state index in [1.54, 1.807) is 0 Å². The molecule has 83 heavy (non-hydrogen) atoms. The van der Waals surface area contributed by atoms with E-state index in [2.05, 4.69) is 21.3 Å². The van der Waals surface area contributed by atoms with Crippen LogP contribution in [0, 0.1) is 126 Å². The van der Waals surface area contributed by atoms with Gasteiger partial charge in [0.25, 0.3) is 11.4 Å². The van der Waals surface area contributed by atoms with Gasteiger partial charge in [-0.1, -0.05) is 0 Å². The molecular formula is C55H56N8O18S2. The van der Waals surface area contributed by atoms with Crippen LogP contribution in [-0.4, -0.2) is 155 Å². The van der Waals surface area contributed by atoms with E-state index in [0.717, 1.165) is 4.90 Å². The monoisotopic (exact) mass is 1180 g/mol. The minimum atomic E-state index is -1.78. The van der Waals surface area contributed by atoms with Crippen LogP contribution in [0.4, 0.5) is 22.7 Å². The average molecular weight is 1180 g/mol. The SMILES string of the molecule is COC(=O)[C@@]12C[C@@](C(=O)OC)([C@H]3[C@H]4O[C@H]([C@@H]5[C@@H]6C[C@H]([C@H]45)[C@@H]4[C@H]6[C@]5(C(=O)OC)O[C@@]4(C(=O)OC)[C@H]4[C@H]6C[C@H]([C@H]7C(=O)N(CCNC(=S)Nc8ccc([N+](=O)[O-])cc8)C(=O)[C@@H]67)[C@H]45)[C@H]31)[C@H]1C(=O)N(CCNC(=S)Nc3ccc([N+](=O)[O-])cc3)C(=O)[C@H]12. The molecule has 6 aliphatic carbocycles. The van der Waals surface area contributed by atoms with Crippen LogP contribution in [0.1, 0.15) is 19.3 Å². The summed E-state index contributed by atoms with van der Waals surface area (Å²) >= 11 is 10.9. The lowest BCUT2D eigenvalue weighted by atomic mass is 9.43. The van der Waals surface area contributed by atoms with Crippen LogP contribution < -0.4 is 21.3 Å². The number of non-ortho nitro benzene ring substituents is 2. The number of thiocarbonyl (C=S) groups is 2. The van der Waals surface area contributed by atoms with Gasteiger partial charge in [-0.2, -0.15) is 0 Å². The van der Waals surface area contributed by atoms with Crippen LogP contribution in [0.15, 0.2) is 48.5 Å². The number of rotatable bonds is 14. The van der Waals surface area contributed by atoms with Crippen molar-refractivity contribution in [1.29, 1.82) is 0 Å². The van der Waals surface area contributed by atoms with E-state index in [1.807, 2.05) is 0 Å². The molecule has 2 aromatic rings. The standard InChI is InChI=1S/C55H56N8O18S2/c1-76-46(68)52-19-53(47(69)77-2,39-38(52)44(66)61(45(39)67)16-14-57-51(83)59-21-7-11-23(12-8-21)63(74)75)37-36(52)40-28-24-17-25(29(28)41(37)80-40)33-32(24)54(48(70)78-3)34-26-18-27(35(34)55(33,81-54)49(71)79-4)31-30(26)42(64)60(43(31)65)15-13-56-50(82)58-20-5-9-22(10-6-20)62(72)73/h5-12,24-41H,13-19H2,1-4H3,(H2,56,58,82)(H2,57,59,83)/t24-,25+,26+,27-,28+,29-,30+,31-,32-,33+,34+,35-,36-,37+,38-,39+,40+,41-,52-,53+,54-,55+. The zero-order valence-corrected chi connectivity index (χ0v) is 46.5. The molecule has 0 aromatic heterocycles. The first-order valence-corrected chi connectivity index (χ1v) is 28.5. The Hall–Kier alpha value is -7.30. The summed E-state index contributed by atoms with van der Waals surface area (Å²) in [7, 11) is 4.91. The number of amides is 4. The number of ether oxygens (including phenoxy) is 6. The van der Waals surface area contributed by atoms with E-state index in [4.69, 9.17) is 52.9 Å². The highest BCUT2D eigenvalue weighted by molar-refractivity contribution is 7.80. The minimum absolute atomic E-state index is 0.0405. The molecule has 10 bridgehead atoms.